The van der Waals surface area contributed by atoms with E-state index in [0.717, 1.165) is 11.0 Å². The molecule has 0 amide bonds. The van der Waals surface area contributed by atoms with Crippen molar-refractivity contribution in [2.24, 2.45) is 0 Å². The smallest absolute Gasteiger partial charge is 0.121 e. The first-order chi connectivity index (χ1) is 9.96. The Balaban J connectivity index is 2.08. The number of hydrogen-bond acceptors (Lipinski definition) is 1. The van der Waals surface area contributed by atoms with Crippen molar-refractivity contribution in [1.82, 2.24) is 4.57 Å². The van der Waals surface area contributed by atoms with Crippen LogP contribution in [-0.4, -0.2) is 47.9 Å². The summed E-state index contributed by atoms with van der Waals surface area (Å²) >= 11 is 0. The molecule has 1 heterocycles. The van der Waals surface area contributed by atoms with Crippen LogP contribution in [-0.2, 0) is 6.54 Å². The summed E-state index contributed by atoms with van der Waals surface area (Å²) in [6, 6.07) is 16.8. The molecule has 0 spiro atoms. The fourth-order valence-corrected chi connectivity index (χ4v) is 3.10. The van der Waals surface area contributed by atoms with Gasteiger partial charge in [0.15, 0.2) is 0 Å². The van der Waals surface area contributed by atoms with E-state index in [2.05, 4.69) is 74.2 Å². The average Bonchev–Trinajstić information content (AvgIpc) is 2.72. The fraction of sp³-hybridized carbons (Fsp3) is 0.333. The van der Waals surface area contributed by atoms with Gasteiger partial charge in [-0.3, -0.25) is 0 Å². The first-order valence-electron chi connectivity index (χ1n) is 7.40. The molecule has 3 nitrogen and oxygen atoms in total. The Bertz CT molecular complexity index is 714. The monoisotopic (exact) mass is 283 g/mol. The van der Waals surface area contributed by atoms with Crippen LogP contribution in [0.2, 0.25) is 0 Å². The number of fused-ring (bicyclic) bond motifs is 3. The Hall–Kier alpha value is -1.84. The van der Waals surface area contributed by atoms with Gasteiger partial charge in [0.05, 0.1) is 27.7 Å². The van der Waals surface area contributed by atoms with Gasteiger partial charge < -0.3 is 14.2 Å². The van der Waals surface area contributed by atoms with Gasteiger partial charge in [-0.05, 0) is 12.1 Å². The molecular formula is C18H23N2O+. The maximum Gasteiger partial charge on any atom is 0.121 e. The largest absolute Gasteiger partial charge is 0.385 e. The minimum absolute atomic E-state index is 0.357. The van der Waals surface area contributed by atoms with Crippen LogP contribution in [0.1, 0.15) is 0 Å². The van der Waals surface area contributed by atoms with Crippen LogP contribution >= 0.6 is 0 Å². The van der Waals surface area contributed by atoms with Crippen LogP contribution in [0, 0.1) is 0 Å². The predicted molar refractivity (Wildman–Crippen MR) is 88.4 cm³/mol. The molecule has 21 heavy (non-hydrogen) atoms. The molecule has 110 valence electrons. The van der Waals surface area contributed by atoms with Gasteiger partial charge in [0.1, 0.15) is 12.6 Å². The zero-order valence-corrected chi connectivity index (χ0v) is 13.0. The first-order valence-corrected chi connectivity index (χ1v) is 7.40. The number of aliphatic hydroxyl groups is 1. The second kappa shape index (κ2) is 5.17. The predicted octanol–water partition coefficient (Wildman–Crippen LogP) is 2.86. The van der Waals surface area contributed by atoms with Crippen LogP contribution in [0.5, 0.6) is 0 Å². The number of para-hydroxylation sites is 2. The van der Waals surface area contributed by atoms with Crippen molar-refractivity contribution >= 4 is 21.8 Å². The number of aliphatic hydroxyl groups excluding tert-OH is 1. The molecule has 2 aromatic carbocycles. The summed E-state index contributed by atoms with van der Waals surface area (Å²) in [5.74, 6) is 0. The number of quaternary nitrogens is 1. The van der Waals surface area contributed by atoms with Gasteiger partial charge in [-0.15, -0.1) is 0 Å². The van der Waals surface area contributed by atoms with E-state index in [4.69, 9.17) is 0 Å². The van der Waals surface area contributed by atoms with Crippen molar-refractivity contribution in [3.63, 3.8) is 0 Å². The molecule has 0 bridgehead atoms. The van der Waals surface area contributed by atoms with Crippen LogP contribution < -0.4 is 0 Å². The second-order valence-corrected chi connectivity index (χ2v) is 6.77. The van der Waals surface area contributed by atoms with Crippen LogP contribution in [0.25, 0.3) is 21.8 Å². The molecule has 3 aromatic rings. The molecule has 3 heteroatoms. The average molecular weight is 283 g/mol. The van der Waals surface area contributed by atoms with E-state index in [1.807, 2.05) is 0 Å². The van der Waals surface area contributed by atoms with Crippen LogP contribution in [0.15, 0.2) is 48.5 Å². The molecule has 0 radical (unpaired) electrons. The maximum atomic E-state index is 10.4. The third-order valence-corrected chi connectivity index (χ3v) is 3.83. The Morgan fingerprint density at radius 1 is 0.905 bits per heavy atom. The third kappa shape index (κ3) is 2.80. The van der Waals surface area contributed by atoms with E-state index in [1.54, 1.807) is 0 Å². The lowest BCUT2D eigenvalue weighted by Gasteiger charge is -2.27. The van der Waals surface area contributed by atoms with E-state index < -0.39 is 0 Å². The molecule has 1 N–H and O–H groups in total. The highest BCUT2D eigenvalue weighted by molar-refractivity contribution is 6.07. The third-order valence-electron chi connectivity index (χ3n) is 3.83. The number of hydrogen-bond donors (Lipinski definition) is 1. The molecule has 1 aromatic heterocycles. The van der Waals surface area contributed by atoms with Crippen molar-refractivity contribution < 1.29 is 9.59 Å². The number of nitrogens with zero attached hydrogens (tertiary/aromatic N) is 2. The summed E-state index contributed by atoms with van der Waals surface area (Å²) in [6.07, 6.45) is -0.357. The minimum Gasteiger partial charge on any atom is -0.385 e. The van der Waals surface area contributed by atoms with Crippen molar-refractivity contribution in [2.75, 3.05) is 27.7 Å². The number of benzene rings is 2. The van der Waals surface area contributed by atoms with E-state index >= 15 is 0 Å². The van der Waals surface area contributed by atoms with Gasteiger partial charge in [-0.25, -0.2) is 0 Å². The standard InChI is InChI=1S/C18H23N2O/c1-20(2,3)13-14(21)12-19-17-10-6-4-8-15(17)16-9-5-7-11-18(16)19/h4-11,14,21H,12-13H2,1-3H3/q+1/t14-/m1/s1. The number of likely N-dealkylation sites (N-methyl/N-ethyl adjacent to an activating group) is 1. The highest BCUT2D eigenvalue weighted by Gasteiger charge is 2.18. The van der Waals surface area contributed by atoms with Gasteiger partial charge in [-0.1, -0.05) is 36.4 Å². The molecule has 3 rings (SSSR count). The Kier molecular flexibility index (Phi) is 3.47. The SMILES string of the molecule is C[N+](C)(C)C[C@H](O)Cn1c2ccccc2c2ccccc21. The Labute approximate surface area is 125 Å². The van der Waals surface area contributed by atoms with Gasteiger partial charge in [0, 0.05) is 21.8 Å². The first kappa shape index (κ1) is 14.1. The molecule has 0 unspecified atom stereocenters. The van der Waals surface area contributed by atoms with E-state index in [-0.39, 0.29) is 6.10 Å². The van der Waals surface area contributed by atoms with Gasteiger partial charge in [0.2, 0.25) is 0 Å². The number of rotatable bonds is 4. The quantitative estimate of drug-likeness (QED) is 0.732. The summed E-state index contributed by atoms with van der Waals surface area (Å²) in [4.78, 5) is 0. The maximum absolute atomic E-state index is 10.4. The van der Waals surface area contributed by atoms with Crippen molar-refractivity contribution in [1.29, 1.82) is 0 Å². The molecule has 0 saturated carbocycles. The van der Waals surface area contributed by atoms with E-state index in [1.165, 1.54) is 21.8 Å². The lowest BCUT2D eigenvalue weighted by molar-refractivity contribution is -0.873. The lowest BCUT2D eigenvalue weighted by Crippen LogP contribution is -2.42. The summed E-state index contributed by atoms with van der Waals surface area (Å²) in [5.41, 5.74) is 2.39. The highest BCUT2D eigenvalue weighted by Crippen LogP contribution is 2.28. The van der Waals surface area contributed by atoms with Crippen LogP contribution in [0.3, 0.4) is 0 Å². The highest BCUT2D eigenvalue weighted by atomic mass is 16.3. The van der Waals surface area contributed by atoms with Crippen molar-refractivity contribution in [3.05, 3.63) is 48.5 Å². The summed E-state index contributed by atoms with van der Waals surface area (Å²) in [5, 5.41) is 12.9. The van der Waals surface area contributed by atoms with Crippen molar-refractivity contribution in [2.45, 2.75) is 12.6 Å². The van der Waals surface area contributed by atoms with Gasteiger partial charge in [-0.2, -0.15) is 0 Å². The zero-order chi connectivity index (χ0) is 15.0. The fourth-order valence-electron chi connectivity index (χ4n) is 3.10. The Morgan fingerprint density at radius 2 is 1.38 bits per heavy atom. The van der Waals surface area contributed by atoms with Crippen LogP contribution in [0.4, 0.5) is 0 Å². The zero-order valence-electron chi connectivity index (χ0n) is 13.0. The minimum atomic E-state index is -0.357. The lowest BCUT2D eigenvalue weighted by atomic mass is 10.2. The van der Waals surface area contributed by atoms with E-state index in [9.17, 15) is 5.11 Å². The van der Waals surface area contributed by atoms with E-state index in [0.29, 0.717) is 6.54 Å². The number of aromatic nitrogens is 1. The molecular weight excluding hydrogens is 260 g/mol. The Morgan fingerprint density at radius 3 is 1.86 bits per heavy atom. The molecule has 0 aliphatic carbocycles. The molecule has 0 aliphatic heterocycles. The van der Waals surface area contributed by atoms with Gasteiger partial charge >= 0.3 is 0 Å². The molecule has 0 saturated heterocycles. The molecule has 0 aliphatic rings. The second-order valence-electron chi connectivity index (χ2n) is 6.77. The normalized spacial score (nSPS) is 13.9. The molecule has 1 atom stereocenters. The summed E-state index contributed by atoms with van der Waals surface area (Å²) in [7, 11) is 6.32. The summed E-state index contributed by atoms with van der Waals surface area (Å²) < 4.78 is 3.00. The summed E-state index contributed by atoms with van der Waals surface area (Å²) in [6.45, 7) is 1.37. The molecule has 0 fully saturated rings. The topological polar surface area (TPSA) is 25.2 Å². The van der Waals surface area contributed by atoms with Crippen molar-refractivity contribution in [3.8, 4) is 0 Å². The van der Waals surface area contributed by atoms with Gasteiger partial charge in [0.25, 0.3) is 0 Å².